The summed E-state index contributed by atoms with van der Waals surface area (Å²) in [6, 6.07) is 16.3. The summed E-state index contributed by atoms with van der Waals surface area (Å²) in [5, 5.41) is 14.6. The lowest BCUT2D eigenvalue weighted by molar-refractivity contribution is 0.239. The second kappa shape index (κ2) is 8.02. The predicted octanol–water partition coefficient (Wildman–Crippen LogP) is 2.79. The van der Waals surface area contributed by atoms with Crippen LogP contribution in [0.4, 0.5) is 9.18 Å². The van der Waals surface area contributed by atoms with Gasteiger partial charge in [-0.15, -0.1) is 0 Å². The third kappa shape index (κ3) is 4.48. The topological polar surface area (TPSA) is 61.4 Å². The van der Waals surface area contributed by atoms with Crippen LogP contribution in [-0.2, 0) is 0 Å². The summed E-state index contributed by atoms with van der Waals surface area (Å²) in [5.74, 6) is 0.155. The molecule has 0 aliphatic heterocycles. The van der Waals surface area contributed by atoms with Gasteiger partial charge >= 0.3 is 6.03 Å². The van der Waals surface area contributed by atoms with Crippen LogP contribution in [0, 0.1) is 0 Å². The molecule has 0 spiro atoms. The van der Waals surface area contributed by atoms with E-state index in [1.807, 2.05) is 42.5 Å². The van der Waals surface area contributed by atoms with Gasteiger partial charge in [0.15, 0.2) is 0 Å². The van der Waals surface area contributed by atoms with Gasteiger partial charge in [0.05, 0.1) is 0 Å². The van der Waals surface area contributed by atoms with Crippen LogP contribution in [-0.4, -0.2) is 30.9 Å². The van der Waals surface area contributed by atoms with Crippen molar-refractivity contribution in [1.82, 2.24) is 10.6 Å². The van der Waals surface area contributed by atoms with E-state index in [1.54, 1.807) is 12.1 Å². The quantitative estimate of drug-likeness (QED) is 0.768. The molecule has 0 fully saturated rings. The number of phenolic OH excluding ortho intramolecular Hbond substituents is 1. The van der Waals surface area contributed by atoms with E-state index in [4.69, 9.17) is 0 Å². The van der Waals surface area contributed by atoms with Gasteiger partial charge in [0.1, 0.15) is 12.4 Å². The van der Waals surface area contributed by atoms with Crippen molar-refractivity contribution in [2.45, 2.75) is 5.92 Å². The highest BCUT2D eigenvalue weighted by molar-refractivity contribution is 5.73. The molecule has 2 amide bonds. The van der Waals surface area contributed by atoms with Gasteiger partial charge in [0, 0.05) is 19.0 Å². The number of benzene rings is 2. The Morgan fingerprint density at radius 1 is 1.00 bits per heavy atom. The van der Waals surface area contributed by atoms with Crippen molar-refractivity contribution in [3.05, 3.63) is 65.7 Å². The van der Waals surface area contributed by atoms with E-state index in [2.05, 4.69) is 10.6 Å². The average Bonchev–Trinajstić information content (AvgIpc) is 2.55. The molecule has 116 valence electrons. The van der Waals surface area contributed by atoms with Crippen LogP contribution in [0.2, 0.25) is 0 Å². The van der Waals surface area contributed by atoms with Crippen LogP contribution >= 0.6 is 0 Å². The summed E-state index contributed by atoms with van der Waals surface area (Å²) < 4.78 is 12.1. The molecule has 3 N–H and O–H groups in total. The lowest BCUT2D eigenvalue weighted by atomic mass is 9.91. The Hall–Kier alpha value is -2.56. The number of rotatable bonds is 6. The van der Waals surface area contributed by atoms with Crippen molar-refractivity contribution in [1.29, 1.82) is 0 Å². The first-order valence-electron chi connectivity index (χ1n) is 7.12. The van der Waals surface area contributed by atoms with Crippen molar-refractivity contribution in [2.75, 3.05) is 19.8 Å². The van der Waals surface area contributed by atoms with Gasteiger partial charge in [-0.2, -0.15) is 0 Å². The van der Waals surface area contributed by atoms with Crippen molar-refractivity contribution >= 4 is 6.03 Å². The Kier molecular flexibility index (Phi) is 5.77. The number of carbonyl (C=O) groups is 1. The molecule has 0 aromatic heterocycles. The first-order valence-corrected chi connectivity index (χ1v) is 7.12. The van der Waals surface area contributed by atoms with Crippen LogP contribution in [0.5, 0.6) is 5.75 Å². The maximum atomic E-state index is 12.1. The molecule has 2 rings (SSSR count). The molecule has 2 aromatic carbocycles. The summed E-state index contributed by atoms with van der Waals surface area (Å²) in [6.07, 6.45) is 0. The third-order valence-corrected chi connectivity index (χ3v) is 3.34. The van der Waals surface area contributed by atoms with Gasteiger partial charge in [0.25, 0.3) is 0 Å². The van der Waals surface area contributed by atoms with Crippen LogP contribution in [0.15, 0.2) is 54.6 Å². The lowest BCUT2D eigenvalue weighted by Crippen LogP contribution is -2.38. The fraction of sp³-hybridized carbons (Fsp3) is 0.235. The van der Waals surface area contributed by atoms with Crippen LogP contribution in [0.1, 0.15) is 17.0 Å². The maximum Gasteiger partial charge on any atom is 0.314 e. The van der Waals surface area contributed by atoms with Gasteiger partial charge in [-0.05, 0) is 23.3 Å². The maximum absolute atomic E-state index is 12.1. The largest absolute Gasteiger partial charge is 0.508 e. The Labute approximate surface area is 129 Å². The van der Waals surface area contributed by atoms with Crippen molar-refractivity contribution < 1.29 is 14.3 Å². The van der Waals surface area contributed by atoms with E-state index in [-0.39, 0.29) is 18.2 Å². The minimum atomic E-state index is -0.590. The molecular formula is C17H19FN2O2. The van der Waals surface area contributed by atoms with E-state index >= 15 is 0 Å². The zero-order chi connectivity index (χ0) is 15.8. The van der Waals surface area contributed by atoms with E-state index in [0.717, 1.165) is 11.1 Å². The minimum absolute atomic E-state index is 0.00104. The van der Waals surface area contributed by atoms with Crippen molar-refractivity contribution in [3.63, 3.8) is 0 Å². The van der Waals surface area contributed by atoms with Gasteiger partial charge in [0.2, 0.25) is 0 Å². The van der Waals surface area contributed by atoms with Gasteiger partial charge in [-0.1, -0.05) is 42.5 Å². The highest BCUT2D eigenvalue weighted by Gasteiger charge is 2.15. The van der Waals surface area contributed by atoms with E-state index in [9.17, 15) is 14.3 Å². The Bertz CT molecular complexity index is 587. The summed E-state index contributed by atoms with van der Waals surface area (Å²) in [6.45, 7) is -0.207. The van der Waals surface area contributed by atoms with Crippen LogP contribution in [0.25, 0.3) is 0 Å². The number of amides is 2. The molecular weight excluding hydrogens is 283 g/mol. The van der Waals surface area contributed by atoms with Crippen molar-refractivity contribution in [2.24, 2.45) is 0 Å². The Morgan fingerprint density at radius 3 is 2.27 bits per heavy atom. The lowest BCUT2D eigenvalue weighted by Gasteiger charge is -2.19. The number of phenols is 1. The standard InChI is InChI=1S/C17H19FN2O2/c18-10-11-19-17(22)20-12-16(13-4-2-1-3-5-13)14-6-8-15(21)9-7-14/h1-9,16,21H,10-12H2,(H2,19,20,22). The van der Waals surface area contributed by atoms with Crippen LogP contribution in [0.3, 0.4) is 0 Å². The number of carbonyl (C=O) groups excluding carboxylic acids is 1. The third-order valence-electron chi connectivity index (χ3n) is 3.34. The number of hydrogen-bond donors (Lipinski definition) is 3. The summed E-state index contributed by atoms with van der Waals surface area (Å²) in [5.41, 5.74) is 2.04. The number of alkyl halides is 1. The fourth-order valence-electron chi connectivity index (χ4n) is 2.24. The zero-order valence-electron chi connectivity index (χ0n) is 12.1. The van der Waals surface area contributed by atoms with E-state index in [1.165, 1.54) is 0 Å². The number of urea groups is 1. The van der Waals surface area contributed by atoms with Gasteiger partial charge in [-0.3, -0.25) is 0 Å². The number of halogens is 1. The predicted molar refractivity (Wildman–Crippen MR) is 83.8 cm³/mol. The normalized spacial score (nSPS) is 11.7. The molecule has 0 bridgehead atoms. The summed E-state index contributed by atoms with van der Waals surface area (Å²) in [4.78, 5) is 11.6. The second-order valence-electron chi connectivity index (χ2n) is 4.88. The zero-order valence-corrected chi connectivity index (χ0v) is 12.1. The molecule has 2 aromatic rings. The van der Waals surface area contributed by atoms with Crippen LogP contribution < -0.4 is 10.6 Å². The average molecular weight is 302 g/mol. The highest BCUT2D eigenvalue weighted by Crippen LogP contribution is 2.25. The molecule has 0 heterocycles. The monoisotopic (exact) mass is 302 g/mol. The Morgan fingerprint density at radius 2 is 1.64 bits per heavy atom. The summed E-state index contributed by atoms with van der Waals surface area (Å²) >= 11 is 0. The first-order chi connectivity index (χ1) is 10.7. The molecule has 0 aliphatic rings. The molecule has 0 aliphatic carbocycles. The molecule has 1 atom stereocenters. The number of nitrogens with one attached hydrogen (secondary N) is 2. The molecule has 4 nitrogen and oxygen atoms in total. The fourth-order valence-corrected chi connectivity index (χ4v) is 2.24. The number of hydrogen-bond acceptors (Lipinski definition) is 2. The minimum Gasteiger partial charge on any atom is -0.508 e. The van der Waals surface area contributed by atoms with Gasteiger partial charge in [-0.25, -0.2) is 9.18 Å². The molecule has 5 heteroatoms. The highest BCUT2D eigenvalue weighted by atomic mass is 19.1. The molecule has 0 radical (unpaired) electrons. The summed E-state index contributed by atoms with van der Waals surface area (Å²) in [7, 11) is 0. The van der Waals surface area contributed by atoms with E-state index < -0.39 is 12.7 Å². The van der Waals surface area contributed by atoms with E-state index in [0.29, 0.717) is 6.54 Å². The molecule has 0 saturated heterocycles. The van der Waals surface area contributed by atoms with Crippen molar-refractivity contribution in [3.8, 4) is 5.75 Å². The molecule has 1 unspecified atom stereocenters. The molecule has 22 heavy (non-hydrogen) atoms. The smallest absolute Gasteiger partial charge is 0.314 e. The SMILES string of the molecule is O=C(NCCF)NCC(c1ccccc1)c1ccc(O)cc1. The first kappa shape index (κ1) is 15.8. The molecule has 0 saturated carbocycles. The number of aromatic hydroxyl groups is 1. The van der Waals surface area contributed by atoms with Gasteiger partial charge < -0.3 is 15.7 Å². The second-order valence-corrected chi connectivity index (χ2v) is 4.88. The Balaban J connectivity index is 2.12.